The quantitative estimate of drug-likeness (QED) is 0.425. The molecule has 0 aliphatic carbocycles. The van der Waals surface area contributed by atoms with Gasteiger partial charge >= 0.3 is 0 Å². The maximum Gasteiger partial charge on any atom is 0.119 e. The SMILES string of the molecule is C\C=C/C=C(C)/C(CCCl)=C(/c1ccccc1)c1ccc(OCCO)cc1. The van der Waals surface area contributed by atoms with Crippen molar-refractivity contribution < 1.29 is 9.84 Å². The van der Waals surface area contributed by atoms with Crippen LogP contribution in [-0.2, 0) is 0 Å². The first-order valence-electron chi connectivity index (χ1n) is 9.19. The van der Waals surface area contributed by atoms with Crippen LogP contribution in [0.1, 0.15) is 31.4 Å². The van der Waals surface area contributed by atoms with Crippen LogP contribution in [0.3, 0.4) is 0 Å². The first kappa shape index (κ1) is 21.0. The van der Waals surface area contributed by atoms with Gasteiger partial charge in [-0.25, -0.2) is 0 Å². The Morgan fingerprint density at radius 2 is 1.70 bits per heavy atom. The summed E-state index contributed by atoms with van der Waals surface area (Å²) >= 11 is 6.15. The Bertz CT molecular complexity index is 787. The van der Waals surface area contributed by atoms with Gasteiger partial charge in [0.15, 0.2) is 0 Å². The number of hydrogen-bond acceptors (Lipinski definition) is 2. The summed E-state index contributed by atoms with van der Waals surface area (Å²) in [6.07, 6.45) is 6.99. The number of aliphatic hydroxyl groups excluding tert-OH is 1. The molecule has 0 heterocycles. The predicted molar refractivity (Wildman–Crippen MR) is 115 cm³/mol. The fourth-order valence-corrected chi connectivity index (χ4v) is 3.15. The van der Waals surface area contributed by atoms with Crippen LogP contribution in [0.25, 0.3) is 5.57 Å². The zero-order valence-corrected chi connectivity index (χ0v) is 16.7. The second kappa shape index (κ2) is 11.4. The molecule has 2 aromatic carbocycles. The zero-order valence-electron chi connectivity index (χ0n) is 16.0. The van der Waals surface area contributed by atoms with Gasteiger partial charge < -0.3 is 9.84 Å². The van der Waals surface area contributed by atoms with Gasteiger partial charge in [0.2, 0.25) is 0 Å². The minimum absolute atomic E-state index is 0.00568. The Balaban J connectivity index is 2.59. The average molecular weight is 383 g/mol. The van der Waals surface area contributed by atoms with Crippen LogP contribution >= 0.6 is 11.6 Å². The number of rotatable bonds is 9. The molecule has 2 nitrogen and oxygen atoms in total. The summed E-state index contributed by atoms with van der Waals surface area (Å²) in [5, 5.41) is 8.93. The normalized spacial score (nSPS) is 13.0. The molecule has 0 atom stereocenters. The molecule has 1 N–H and O–H groups in total. The van der Waals surface area contributed by atoms with Crippen molar-refractivity contribution in [2.24, 2.45) is 0 Å². The van der Waals surface area contributed by atoms with Crippen LogP contribution in [-0.4, -0.2) is 24.2 Å². The topological polar surface area (TPSA) is 29.5 Å². The molecule has 0 bridgehead atoms. The number of hydrogen-bond donors (Lipinski definition) is 1. The van der Waals surface area contributed by atoms with E-state index >= 15 is 0 Å². The molecule has 3 heteroatoms. The summed E-state index contributed by atoms with van der Waals surface area (Å²) in [7, 11) is 0. The predicted octanol–water partition coefficient (Wildman–Crippen LogP) is 6.01. The van der Waals surface area contributed by atoms with E-state index in [1.807, 2.05) is 31.2 Å². The Morgan fingerprint density at radius 3 is 2.30 bits per heavy atom. The first-order valence-corrected chi connectivity index (χ1v) is 9.73. The van der Waals surface area contributed by atoms with Gasteiger partial charge in [0, 0.05) is 5.88 Å². The van der Waals surface area contributed by atoms with Gasteiger partial charge in [-0.3, -0.25) is 0 Å². The molecular weight excluding hydrogens is 356 g/mol. The number of ether oxygens (including phenoxy) is 1. The lowest BCUT2D eigenvalue weighted by Crippen LogP contribution is -2.02. The maximum atomic E-state index is 8.93. The van der Waals surface area contributed by atoms with E-state index in [9.17, 15) is 0 Å². The van der Waals surface area contributed by atoms with E-state index in [1.165, 1.54) is 16.7 Å². The van der Waals surface area contributed by atoms with Crippen LogP contribution in [0.2, 0.25) is 0 Å². The number of aliphatic hydroxyl groups is 1. The summed E-state index contributed by atoms with van der Waals surface area (Å²) < 4.78 is 5.50. The second-order valence-corrected chi connectivity index (χ2v) is 6.51. The average Bonchev–Trinajstić information content (AvgIpc) is 2.71. The van der Waals surface area contributed by atoms with Gasteiger partial charge in [-0.2, -0.15) is 0 Å². The van der Waals surface area contributed by atoms with Gasteiger partial charge in [0.05, 0.1) is 6.61 Å². The molecule has 2 rings (SSSR count). The standard InChI is InChI=1S/C24H27ClO2/c1-3-4-8-19(2)23(15-16-25)24(20-9-6-5-7-10-20)21-11-13-22(14-12-21)27-18-17-26/h3-14,26H,15-18H2,1-2H3/b4-3-,19-8+,24-23-. The van der Waals surface area contributed by atoms with E-state index in [0.717, 1.165) is 23.3 Å². The molecule has 0 saturated carbocycles. The monoisotopic (exact) mass is 382 g/mol. The van der Waals surface area contributed by atoms with Crippen LogP contribution in [0.4, 0.5) is 0 Å². The van der Waals surface area contributed by atoms with Crippen molar-refractivity contribution in [2.75, 3.05) is 19.1 Å². The van der Waals surface area contributed by atoms with Crippen molar-refractivity contribution in [2.45, 2.75) is 20.3 Å². The third-order valence-corrected chi connectivity index (χ3v) is 4.42. The van der Waals surface area contributed by atoms with E-state index in [0.29, 0.717) is 12.5 Å². The molecule has 0 aliphatic rings. The summed E-state index contributed by atoms with van der Waals surface area (Å²) in [5.41, 5.74) is 5.90. The third-order valence-electron chi connectivity index (χ3n) is 4.23. The molecule has 0 amide bonds. The molecule has 0 saturated heterocycles. The number of halogens is 1. The smallest absolute Gasteiger partial charge is 0.119 e. The van der Waals surface area contributed by atoms with Crippen LogP contribution in [0.5, 0.6) is 5.75 Å². The molecule has 0 aliphatic heterocycles. The van der Waals surface area contributed by atoms with E-state index in [-0.39, 0.29) is 6.61 Å². The summed E-state index contributed by atoms with van der Waals surface area (Å²) in [5.74, 6) is 1.31. The van der Waals surface area contributed by atoms with Crippen molar-refractivity contribution >= 4 is 17.2 Å². The van der Waals surface area contributed by atoms with E-state index in [1.54, 1.807) is 0 Å². The van der Waals surface area contributed by atoms with Crippen molar-refractivity contribution in [1.82, 2.24) is 0 Å². The van der Waals surface area contributed by atoms with Crippen LogP contribution in [0, 0.1) is 0 Å². The van der Waals surface area contributed by atoms with Crippen molar-refractivity contribution in [3.63, 3.8) is 0 Å². The van der Waals surface area contributed by atoms with Gasteiger partial charge in [-0.1, -0.05) is 60.7 Å². The van der Waals surface area contributed by atoms with Crippen molar-refractivity contribution in [3.8, 4) is 5.75 Å². The largest absolute Gasteiger partial charge is 0.491 e. The summed E-state index contributed by atoms with van der Waals surface area (Å²) in [6.45, 7) is 4.44. The molecule has 142 valence electrons. The number of benzene rings is 2. The Kier molecular flexibility index (Phi) is 8.90. The van der Waals surface area contributed by atoms with Crippen LogP contribution < -0.4 is 4.74 Å². The minimum Gasteiger partial charge on any atom is -0.491 e. The minimum atomic E-state index is 0.00568. The Morgan fingerprint density at radius 1 is 1.04 bits per heavy atom. The molecule has 2 aromatic rings. The van der Waals surface area contributed by atoms with Gasteiger partial charge in [-0.05, 0) is 60.2 Å². The molecule has 0 fully saturated rings. The van der Waals surface area contributed by atoms with Gasteiger partial charge in [-0.15, -0.1) is 11.6 Å². The highest BCUT2D eigenvalue weighted by molar-refractivity contribution is 6.18. The lowest BCUT2D eigenvalue weighted by Gasteiger charge is -2.17. The van der Waals surface area contributed by atoms with Crippen molar-refractivity contribution in [3.05, 3.63) is 95.1 Å². The number of allylic oxidation sites excluding steroid dienone is 5. The van der Waals surface area contributed by atoms with E-state index in [4.69, 9.17) is 21.4 Å². The highest BCUT2D eigenvalue weighted by atomic mass is 35.5. The molecule has 27 heavy (non-hydrogen) atoms. The third kappa shape index (κ3) is 6.13. The molecular formula is C24H27ClO2. The van der Waals surface area contributed by atoms with Gasteiger partial charge in [0.25, 0.3) is 0 Å². The molecule has 0 radical (unpaired) electrons. The lowest BCUT2D eigenvalue weighted by molar-refractivity contribution is 0.201. The summed E-state index contributed by atoms with van der Waals surface area (Å²) in [6, 6.07) is 18.4. The van der Waals surface area contributed by atoms with E-state index in [2.05, 4.69) is 55.5 Å². The molecule has 0 aromatic heterocycles. The first-order chi connectivity index (χ1) is 13.2. The zero-order chi connectivity index (χ0) is 19.5. The fourth-order valence-electron chi connectivity index (χ4n) is 2.96. The van der Waals surface area contributed by atoms with Gasteiger partial charge in [0.1, 0.15) is 12.4 Å². The molecule has 0 unspecified atom stereocenters. The Hall–Kier alpha value is -2.29. The Labute approximate surface area is 167 Å². The number of alkyl halides is 1. The van der Waals surface area contributed by atoms with Crippen molar-refractivity contribution in [1.29, 1.82) is 0 Å². The lowest BCUT2D eigenvalue weighted by atomic mass is 9.88. The highest BCUT2D eigenvalue weighted by Gasteiger charge is 2.13. The fraction of sp³-hybridized carbons (Fsp3) is 0.250. The van der Waals surface area contributed by atoms with E-state index < -0.39 is 0 Å². The molecule has 0 spiro atoms. The summed E-state index contributed by atoms with van der Waals surface area (Å²) in [4.78, 5) is 0. The second-order valence-electron chi connectivity index (χ2n) is 6.13. The maximum absolute atomic E-state index is 8.93. The van der Waals surface area contributed by atoms with Crippen LogP contribution in [0.15, 0.2) is 84.0 Å². The highest BCUT2D eigenvalue weighted by Crippen LogP contribution is 2.33.